The van der Waals surface area contributed by atoms with Crippen LogP contribution in [0.3, 0.4) is 0 Å². The third-order valence-corrected chi connectivity index (χ3v) is 2.51. The molecule has 0 unspecified atom stereocenters. The lowest BCUT2D eigenvalue weighted by molar-refractivity contribution is 0.463. The number of pyridine rings is 1. The normalized spacial score (nSPS) is 10.1. The number of nitrogens with zero attached hydrogens (tertiary/aromatic N) is 1. The van der Waals surface area contributed by atoms with Gasteiger partial charge in [0.15, 0.2) is 0 Å². The van der Waals surface area contributed by atoms with Gasteiger partial charge in [-0.15, -0.1) is 0 Å². The first kappa shape index (κ1) is 12.4. The minimum atomic E-state index is 0.295. The second kappa shape index (κ2) is 5.06. The Bertz CT molecular complexity index is 599. The molecule has 4 nitrogen and oxygen atoms in total. The van der Waals surface area contributed by atoms with Gasteiger partial charge in [0.1, 0.15) is 11.4 Å². The van der Waals surface area contributed by atoms with Gasteiger partial charge in [-0.25, -0.2) is 4.98 Å². The van der Waals surface area contributed by atoms with Gasteiger partial charge in [0.2, 0.25) is 5.88 Å². The van der Waals surface area contributed by atoms with Gasteiger partial charge in [0.25, 0.3) is 0 Å². The van der Waals surface area contributed by atoms with E-state index in [1.807, 2.05) is 0 Å². The van der Waals surface area contributed by atoms with Crippen LogP contribution in [0.25, 0.3) is 0 Å². The highest BCUT2D eigenvalue weighted by Crippen LogP contribution is 2.24. The standard InChI is InChI=1S/C13H12ClN3O/c1-8(15)13-11(16)5-6-12(17-13)18-10-4-2-3-9(14)7-10/h2-7,15H,16H2,1H3. The van der Waals surface area contributed by atoms with E-state index < -0.39 is 0 Å². The van der Waals surface area contributed by atoms with E-state index in [1.165, 1.54) is 0 Å². The second-order valence-corrected chi connectivity index (χ2v) is 4.21. The van der Waals surface area contributed by atoms with Gasteiger partial charge in [-0.2, -0.15) is 0 Å². The van der Waals surface area contributed by atoms with Crippen LogP contribution in [0.5, 0.6) is 11.6 Å². The lowest BCUT2D eigenvalue weighted by Gasteiger charge is -2.08. The molecular formula is C13H12ClN3O. The predicted molar refractivity (Wildman–Crippen MR) is 72.7 cm³/mol. The molecule has 1 heterocycles. The fourth-order valence-electron chi connectivity index (χ4n) is 1.46. The minimum Gasteiger partial charge on any atom is -0.439 e. The van der Waals surface area contributed by atoms with E-state index in [0.717, 1.165) is 0 Å². The molecule has 0 spiro atoms. The molecule has 0 amide bonds. The van der Waals surface area contributed by atoms with Crippen LogP contribution in [0.15, 0.2) is 36.4 Å². The average molecular weight is 262 g/mol. The molecule has 0 aliphatic rings. The Morgan fingerprint density at radius 3 is 2.78 bits per heavy atom. The molecule has 0 bridgehead atoms. The third kappa shape index (κ3) is 2.78. The van der Waals surface area contributed by atoms with Crippen molar-refractivity contribution >= 4 is 23.0 Å². The Balaban J connectivity index is 2.30. The van der Waals surface area contributed by atoms with E-state index in [-0.39, 0.29) is 0 Å². The van der Waals surface area contributed by atoms with Gasteiger partial charge in [0, 0.05) is 11.1 Å². The van der Waals surface area contributed by atoms with Crippen molar-refractivity contribution in [2.24, 2.45) is 0 Å². The highest BCUT2D eigenvalue weighted by atomic mass is 35.5. The molecule has 1 aromatic heterocycles. The summed E-state index contributed by atoms with van der Waals surface area (Å²) in [5, 5.41) is 8.16. The van der Waals surface area contributed by atoms with Crippen LogP contribution < -0.4 is 10.5 Å². The van der Waals surface area contributed by atoms with E-state index in [4.69, 9.17) is 27.5 Å². The molecule has 0 saturated heterocycles. The monoisotopic (exact) mass is 261 g/mol. The van der Waals surface area contributed by atoms with E-state index >= 15 is 0 Å². The van der Waals surface area contributed by atoms with Crippen molar-refractivity contribution < 1.29 is 4.74 Å². The number of nitrogens with one attached hydrogen (secondary N) is 1. The van der Waals surface area contributed by atoms with E-state index in [9.17, 15) is 0 Å². The molecule has 18 heavy (non-hydrogen) atoms. The summed E-state index contributed by atoms with van der Waals surface area (Å²) in [5.41, 5.74) is 6.91. The summed E-state index contributed by atoms with van der Waals surface area (Å²) in [6.45, 7) is 1.63. The number of ether oxygens (including phenoxy) is 1. The number of aromatic nitrogens is 1. The van der Waals surface area contributed by atoms with E-state index in [0.29, 0.717) is 33.7 Å². The first-order chi connectivity index (χ1) is 8.56. The summed E-state index contributed by atoms with van der Waals surface area (Å²) in [5.74, 6) is 0.974. The maximum absolute atomic E-state index is 7.57. The lowest BCUT2D eigenvalue weighted by atomic mass is 10.2. The van der Waals surface area contributed by atoms with Gasteiger partial charge in [-0.1, -0.05) is 17.7 Å². The summed E-state index contributed by atoms with van der Waals surface area (Å²) in [6, 6.07) is 10.3. The van der Waals surface area contributed by atoms with Crippen molar-refractivity contribution in [1.82, 2.24) is 4.98 Å². The number of hydrogen-bond acceptors (Lipinski definition) is 4. The highest BCUT2D eigenvalue weighted by Gasteiger charge is 2.06. The average Bonchev–Trinajstić information content (AvgIpc) is 2.31. The Kier molecular flexibility index (Phi) is 3.48. The van der Waals surface area contributed by atoms with Crippen molar-refractivity contribution in [3.63, 3.8) is 0 Å². The maximum atomic E-state index is 7.57. The largest absolute Gasteiger partial charge is 0.439 e. The van der Waals surface area contributed by atoms with Crippen molar-refractivity contribution in [2.45, 2.75) is 6.92 Å². The zero-order valence-electron chi connectivity index (χ0n) is 9.77. The SMILES string of the molecule is CC(=N)c1nc(Oc2cccc(Cl)c2)ccc1N. The molecule has 0 aliphatic heterocycles. The molecule has 2 rings (SSSR count). The molecule has 2 aromatic rings. The summed E-state index contributed by atoms with van der Waals surface area (Å²) in [4.78, 5) is 4.18. The number of benzene rings is 1. The first-order valence-corrected chi connectivity index (χ1v) is 5.69. The van der Waals surface area contributed by atoms with Crippen LogP contribution in [0.4, 0.5) is 5.69 Å². The van der Waals surface area contributed by atoms with Gasteiger partial charge in [-0.05, 0) is 31.2 Å². The summed E-state index contributed by atoms with van der Waals surface area (Å²) < 4.78 is 5.56. The fourth-order valence-corrected chi connectivity index (χ4v) is 1.64. The molecule has 0 aliphatic carbocycles. The van der Waals surface area contributed by atoms with Gasteiger partial charge < -0.3 is 15.9 Å². The van der Waals surface area contributed by atoms with E-state index in [1.54, 1.807) is 43.3 Å². The zero-order valence-corrected chi connectivity index (χ0v) is 10.5. The lowest BCUT2D eigenvalue weighted by Crippen LogP contribution is -2.03. The van der Waals surface area contributed by atoms with Crippen LogP contribution >= 0.6 is 11.6 Å². The van der Waals surface area contributed by atoms with Gasteiger partial charge in [-0.3, -0.25) is 0 Å². The predicted octanol–water partition coefficient (Wildman–Crippen LogP) is 3.50. The second-order valence-electron chi connectivity index (χ2n) is 3.77. The molecule has 0 atom stereocenters. The van der Waals surface area contributed by atoms with E-state index in [2.05, 4.69) is 4.98 Å². The Morgan fingerprint density at radius 2 is 2.11 bits per heavy atom. The molecule has 3 N–H and O–H groups in total. The number of halogens is 1. The quantitative estimate of drug-likeness (QED) is 0.831. The maximum Gasteiger partial charge on any atom is 0.219 e. The molecule has 92 valence electrons. The molecule has 0 radical (unpaired) electrons. The smallest absolute Gasteiger partial charge is 0.219 e. The molecule has 0 saturated carbocycles. The van der Waals surface area contributed by atoms with Crippen LogP contribution in [0.2, 0.25) is 5.02 Å². The molecule has 0 fully saturated rings. The van der Waals surface area contributed by atoms with Crippen molar-refractivity contribution in [2.75, 3.05) is 5.73 Å². The van der Waals surface area contributed by atoms with Crippen LogP contribution in [0, 0.1) is 5.41 Å². The Labute approximate surface area is 110 Å². The number of hydrogen-bond donors (Lipinski definition) is 2. The minimum absolute atomic E-state index is 0.295. The summed E-state index contributed by atoms with van der Waals surface area (Å²) in [6.07, 6.45) is 0. The molecule has 5 heteroatoms. The zero-order chi connectivity index (χ0) is 13.1. The highest BCUT2D eigenvalue weighted by molar-refractivity contribution is 6.30. The molecule has 1 aromatic carbocycles. The summed E-state index contributed by atoms with van der Waals surface area (Å²) in [7, 11) is 0. The fraction of sp³-hybridized carbons (Fsp3) is 0.0769. The number of nitrogen functional groups attached to an aromatic ring is 1. The van der Waals surface area contributed by atoms with Crippen LogP contribution in [-0.2, 0) is 0 Å². The van der Waals surface area contributed by atoms with Crippen molar-refractivity contribution in [3.05, 3.63) is 47.1 Å². The first-order valence-electron chi connectivity index (χ1n) is 5.32. The Hall–Kier alpha value is -2.07. The number of nitrogens with two attached hydrogens (primary N) is 1. The van der Waals surface area contributed by atoms with Crippen molar-refractivity contribution in [3.8, 4) is 11.6 Å². The van der Waals surface area contributed by atoms with Crippen LogP contribution in [0.1, 0.15) is 12.6 Å². The number of anilines is 1. The number of rotatable bonds is 3. The summed E-state index contributed by atoms with van der Waals surface area (Å²) >= 11 is 5.86. The Morgan fingerprint density at radius 1 is 1.33 bits per heavy atom. The third-order valence-electron chi connectivity index (χ3n) is 2.27. The molecular weight excluding hydrogens is 250 g/mol. The van der Waals surface area contributed by atoms with Crippen molar-refractivity contribution in [1.29, 1.82) is 5.41 Å². The van der Waals surface area contributed by atoms with Crippen LogP contribution in [-0.4, -0.2) is 10.7 Å². The topological polar surface area (TPSA) is 72.0 Å². The van der Waals surface area contributed by atoms with Gasteiger partial charge in [0.05, 0.1) is 11.4 Å². The van der Waals surface area contributed by atoms with Gasteiger partial charge >= 0.3 is 0 Å².